The van der Waals surface area contributed by atoms with Crippen molar-refractivity contribution in [2.24, 2.45) is 5.92 Å². The van der Waals surface area contributed by atoms with E-state index in [1.807, 2.05) is 0 Å². The van der Waals surface area contributed by atoms with Gasteiger partial charge in [-0.05, 0) is 5.92 Å². The Kier molecular flexibility index (Phi) is 2.71. The molecule has 3 nitrogen and oxygen atoms in total. The number of hydrogen-bond donors (Lipinski definition) is 2. The fourth-order valence-corrected chi connectivity index (χ4v) is 1.94. The van der Waals surface area contributed by atoms with Gasteiger partial charge in [0.15, 0.2) is 0 Å². The third-order valence-corrected chi connectivity index (χ3v) is 2.42. The molecule has 1 saturated heterocycles. The van der Waals surface area contributed by atoms with Gasteiger partial charge in [0.25, 0.3) is 0 Å². The van der Waals surface area contributed by atoms with E-state index in [1.165, 1.54) is 12.1 Å². The largest absolute Gasteiger partial charge is 0.302 e. The average molecular weight is 160 g/mol. The summed E-state index contributed by atoms with van der Waals surface area (Å²) >= 11 is 1.41. The Morgan fingerprint density at radius 2 is 2.20 bits per heavy atom. The van der Waals surface area contributed by atoms with Crippen molar-refractivity contribution in [3.05, 3.63) is 0 Å². The molecule has 1 aliphatic heterocycles. The van der Waals surface area contributed by atoms with E-state index < -0.39 is 0 Å². The molecule has 0 aromatic heterocycles. The van der Waals surface area contributed by atoms with Gasteiger partial charge in [-0.25, -0.2) is 9.44 Å². The molecule has 1 rings (SSSR count). The topological polar surface area (TPSA) is 41.1 Å². The highest BCUT2D eigenvalue weighted by molar-refractivity contribution is 7.95. The van der Waals surface area contributed by atoms with Crippen molar-refractivity contribution < 1.29 is 4.79 Å². The normalized spacial score (nSPS) is 33.1. The molecule has 0 bridgehead atoms. The smallest absolute Gasteiger partial charge is 0.139 e. The second-order valence-electron chi connectivity index (χ2n) is 2.77. The van der Waals surface area contributed by atoms with Crippen LogP contribution in [0.3, 0.4) is 0 Å². The fourth-order valence-electron chi connectivity index (χ4n) is 0.980. The minimum absolute atomic E-state index is 0.0231. The number of aldehydes is 1. The Hall–Kier alpha value is -0.0600. The van der Waals surface area contributed by atoms with Gasteiger partial charge < -0.3 is 4.79 Å². The van der Waals surface area contributed by atoms with E-state index in [-0.39, 0.29) is 12.1 Å². The van der Waals surface area contributed by atoms with Crippen LogP contribution in [0, 0.1) is 5.92 Å². The molecule has 2 atom stereocenters. The highest BCUT2D eigenvalue weighted by Gasteiger charge is 2.28. The zero-order valence-electron chi connectivity index (χ0n) is 6.13. The van der Waals surface area contributed by atoms with Crippen molar-refractivity contribution in [3.63, 3.8) is 0 Å². The summed E-state index contributed by atoms with van der Waals surface area (Å²) in [6, 6.07) is 0.257. The molecule has 0 spiro atoms. The van der Waals surface area contributed by atoms with E-state index in [0.717, 1.165) is 6.29 Å². The maximum absolute atomic E-state index is 10.4. The lowest BCUT2D eigenvalue weighted by Gasteiger charge is -2.15. The number of carbonyl (C=O) groups excluding carboxylic acids is 1. The van der Waals surface area contributed by atoms with Gasteiger partial charge in [-0.1, -0.05) is 13.8 Å². The summed E-state index contributed by atoms with van der Waals surface area (Å²) in [5.41, 5.74) is 0. The zero-order chi connectivity index (χ0) is 7.56. The Balaban J connectivity index is 2.49. The molecule has 0 saturated carbocycles. The van der Waals surface area contributed by atoms with Crippen LogP contribution in [-0.4, -0.2) is 18.4 Å². The van der Waals surface area contributed by atoms with Gasteiger partial charge in [-0.15, -0.1) is 0 Å². The third-order valence-electron chi connectivity index (χ3n) is 1.64. The Morgan fingerprint density at radius 3 is 2.60 bits per heavy atom. The molecule has 0 aromatic carbocycles. The molecular formula is C6H12N2OS. The van der Waals surface area contributed by atoms with Gasteiger partial charge in [0, 0.05) is 18.2 Å². The minimum atomic E-state index is -0.0231. The minimum Gasteiger partial charge on any atom is -0.302 e. The highest BCUT2D eigenvalue weighted by Crippen LogP contribution is 2.15. The highest BCUT2D eigenvalue weighted by atomic mass is 32.2. The van der Waals surface area contributed by atoms with Gasteiger partial charge in [-0.3, -0.25) is 0 Å². The summed E-state index contributed by atoms with van der Waals surface area (Å²) in [4.78, 5) is 10.4. The lowest BCUT2D eigenvalue weighted by Crippen LogP contribution is -2.38. The number of nitrogens with one attached hydrogen (secondary N) is 2. The molecule has 0 aliphatic carbocycles. The predicted octanol–water partition coefficient (Wildman–Crippen LogP) is 0.334. The maximum atomic E-state index is 10.4. The monoisotopic (exact) mass is 160 g/mol. The Labute approximate surface area is 65.2 Å². The summed E-state index contributed by atoms with van der Waals surface area (Å²) < 4.78 is 6.11. The van der Waals surface area contributed by atoms with E-state index in [9.17, 15) is 4.79 Å². The Morgan fingerprint density at radius 1 is 1.50 bits per heavy atom. The predicted molar refractivity (Wildman–Crippen MR) is 42.3 cm³/mol. The molecule has 1 fully saturated rings. The molecule has 10 heavy (non-hydrogen) atoms. The van der Waals surface area contributed by atoms with E-state index in [2.05, 4.69) is 23.3 Å². The van der Waals surface area contributed by atoms with Crippen LogP contribution in [0.1, 0.15) is 13.8 Å². The maximum Gasteiger partial charge on any atom is 0.139 e. The van der Waals surface area contributed by atoms with Crippen molar-refractivity contribution >= 4 is 18.4 Å². The van der Waals surface area contributed by atoms with Gasteiger partial charge in [0.05, 0.1) is 6.04 Å². The van der Waals surface area contributed by atoms with Crippen LogP contribution < -0.4 is 9.44 Å². The Bertz CT molecular complexity index is 129. The van der Waals surface area contributed by atoms with Crippen molar-refractivity contribution in [2.45, 2.75) is 25.9 Å². The molecule has 1 aliphatic rings. The quantitative estimate of drug-likeness (QED) is 0.451. The first-order valence-corrected chi connectivity index (χ1v) is 4.19. The SMILES string of the molecule is CC(C)C1NSNC1C=O. The van der Waals surface area contributed by atoms with Crippen LogP contribution >= 0.6 is 12.1 Å². The summed E-state index contributed by atoms with van der Waals surface area (Å²) in [5.74, 6) is 0.498. The van der Waals surface area contributed by atoms with Gasteiger partial charge in [-0.2, -0.15) is 0 Å². The molecule has 0 radical (unpaired) electrons. The summed E-state index contributed by atoms with van der Waals surface area (Å²) in [7, 11) is 0. The first-order chi connectivity index (χ1) is 4.75. The molecule has 1 heterocycles. The lowest BCUT2D eigenvalue weighted by molar-refractivity contribution is -0.109. The van der Waals surface area contributed by atoms with Crippen molar-refractivity contribution in [2.75, 3.05) is 0 Å². The number of carbonyl (C=O) groups is 1. The summed E-state index contributed by atoms with van der Waals surface area (Å²) in [6.07, 6.45) is 0.956. The summed E-state index contributed by atoms with van der Waals surface area (Å²) in [6.45, 7) is 4.20. The van der Waals surface area contributed by atoms with Gasteiger partial charge in [0.2, 0.25) is 0 Å². The van der Waals surface area contributed by atoms with Crippen LogP contribution in [0.25, 0.3) is 0 Å². The van der Waals surface area contributed by atoms with Crippen LogP contribution in [0.4, 0.5) is 0 Å². The molecule has 2 N–H and O–H groups in total. The second-order valence-corrected chi connectivity index (χ2v) is 3.44. The van der Waals surface area contributed by atoms with Crippen LogP contribution in [0.2, 0.25) is 0 Å². The number of rotatable bonds is 2. The van der Waals surface area contributed by atoms with Crippen molar-refractivity contribution in [3.8, 4) is 0 Å². The molecule has 0 aromatic rings. The third kappa shape index (κ3) is 1.51. The van der Waals surface area contributed by atoms with Crippen molar-refractivity contribution in [1.82, 2.24) is 9.44 Å². The molecule has 0 amide bonds. The molecule has 4 heteroatoms. The van der Waals surface area contributed by atoms with E-state index in [0.29, 0.717) is 5.92 Å². The molecule has 2 unspecified atom stereocenters. The second kappa shape index (κ2) is 3.37. The first-order valence-electron chi connectivity index (χ1n) is 3.38. The summed E-state index contributed by atoms with van der Waals surface area (Å²) in [5, 5.41) is 0. The first kappa shape index (κ1) is 8.04. The zero-order valence-corrected chi connectivity index (χ0v) is 6.94. The van der Waals surface area contributed by atoms with Crippen LogP contribution in [-0.2, 0) is 4.79 Å². The molecular weight excluding hydrogens is 148 g/mol. The standard InChI is InChI=1S/C6H12N2OS/c1-4(2)6-5(3-9)7-10-8-6/h3-8H,1-2H3. The van der Waals surface area contributed by atoms with Gasteiger partial charge in [0.1, 0.15) is 6.29 Å². The van der Waals surface area contributed by atoms with E-state index in [1.54, 1.807) is 0 Å². The van der Waals surface area contributed by atoms with E-state index in [4.69, 9.17) is 0 Å². The van der Waals surface area contributed by atoms with Crippen LogP contribution in [0.5, 0.6) is 0 Å². The van der Waals surface area contributed by atoms with E-state index >= 15 is 0 Å². The average Bonchev–Trinajstić information content (AvgIpc) is 2.33. The van der Waals surface area contributed by atoms with Crippen LogP contribution in [0.15, 0.2) is 0 Å². The number of hydrogen-bond acceptors (Lipinski definition) is 4. The van der Waals surface area contributed by atoms with Gasteiger partial charge >= 0.3 is 0 Å². The lowest BCUT2D eigenvalue weighted by atomic mass is 9.99. The fraction of sp³-hybridized carbons (Fsp3) is 0.833. The van der Waals surface area contributed by atoms with Crippen molar-refractivity contribution in [1.29, 1.82) is 0 Å². The molecule has 58 valence electrons.